The lowest BCUT2D eigenvalue weighted by Gasteiger charge is -2.55. The molecule has 5 aliphatic rings. The lowest BCUT2D eigenvalue weighted by atomic mass is 9.67. The van der Waals surface area contributed by atoms with Crippen molar-refractivity contribution in [2.24, 2.45) is 23.7 Å². The molecule has 45 heavy (non-hydrogen) atoms. The fourth-order valence-electron chi connectivity index (χ4n) is 7.64. The topological polar surface area (TPSA) is 13.0 Å². The molecule has 4 heteroatoms. The van der Waals surface area contributed by atoms with E-state index in [0.717, 1.165) is 23.7 Å². The van der Waals surface area contributed by atoms with E-state index >= 15 is 0 Å². The molecule has 0 aromatic heterocycles. The number of rotatable bonds is 6. The Labute approximate surface area is 287 Å². The van der Waals surface area contributed by atoms with Crippen molar-refractivity contribution >= 4 is 0 Å². The molecule has 1 saturated carbocycles. The molecule has 5 rings (SSSR count). The lowest BCUT2D eigenvalue weighted by molar-refractivity contribution is -0.0384. The van der Waals surface area contributed by atoms with Gasteiger partial charge in [-0.2, -0.15) is 0 Å². The standard InChI is InChI=1S/C17H32N2.C14H28N2.5C2H6/c1-15-4-12-19(17(14-15)8-3-9-17)13-7-16-5-10-18(2)11-6-16;1-13-3-10-16(11-4-13)12-7-14-5-8-15(2)9-6-14;5*1-2/h15-16H,3-14H2,1-2H3;13-14H,3-12H2,1-2H3;5*1-2H3. The maximum absolute atomic E-state index is 2.90. The number of likely N-dealkylation sites (tertiary alicyclic amines) is 4. The summed E-state index contributed by atoms with van der Waals surface area (Å²) in [6.45, 7) is 37.0. The normalized spacial score (nSPS) is 24.5. The monoisotopic (exact) mass is 639 g/mol. The summed E-state index contributed by atoms with van der Waals surface area (Å²) >= 11 is 0. The summed E-state index contributed by atoms with van der Waals surface area (Å²) in [6.07, 6.45) is 18.9. The van der Waals surface area contributed by atoms with E-state index in [2.05, 4.69) is 47.5 Å². The Kier molecular flexibility index (Phi) is 31.2. The molecule has 0 bridgehead atoms. The predicted octanol–water partition coefficient (Wildman–Crippen LogP) is 11.0. The summed E-state index contributed by atoms with van der Waals surface area (Å²) in [6, 6.07) is 0. The molecular weight excluding hydrogens is 548 g/mol. The van der Waals surface area contributed by atoms with E-state index in [4.69, 9.17) is 0 Å². The van der Waals surface area contributed by atoms with E-state index in [1.165, 1.54) is 142 Å². The molecule has 4 nitrogen and oxygen atoms in total. The van der Waals surface area contributed by atoms with Crippen molar-refractivity contribution in [2.75, 3.05) is 73.0 Å². The number of piperidine rings is 4. The minimum absolute atomic E-state index is 0.656. The average molecular weight is 639 g/mol. The lowest BCUT2D eigenvalue weighted by Crippen LogP contribution is -2.58. The highest BCUT2D eigenvalue weighted by molar-refractivity contribution is 5.01. The van der Waals surface area contributed by atoms with Crippen molar-refractivity contribution in [3.8, 4) is 0 Å². The van der Waals surface area contributed by atoms with Crippen LogP contribution in [0.3, 0.4) is 0 Å². The quantitative estimate of drug-likeness (QED) is 0.287. The maximum Gasteiger partial charge on any atom is 0.0212 e. The van der Waals surface area contributed by atoms with E-state index < -0.39 is 0 Å². The summed E-state index contributed by atoms with van der Waals surface area (Å²) in [5.41, 5.74) is 0.656. The number of nitrogens with zero attached hydrogens (tertiary/aromatic N) is 4. The molecule has 0 N–H and O–H groups in total. The van der Waals surface area contributed by atoms with Crippen molar-refractivity contribution in [3.63, 3.8) is 0 Å². The van der Waals surface area contributed by atoms with Gasteiger partial charge >= 0.3 is 0 Å². The van der Waals surface area contributed by atoms with E-state index in [1.54, 1.807) is 0 Å². The Hall–Kier alpha value is -0.160. The van der Waals surface area contributed by atoms with Gasteiger partial charge in [-0.3, -0.25) is 4.90 Å². The fraction of sp³-hybridized carbons (Fsp3) is 1.00. The van der Waals surface area contributed by atoms with Gasteiger partial charge in [0.15, 0.2) is 0 Å². The minimum Gasteiger partial charge on any atom is -0.306 e. The zero-order valence-electron chi connectivity index (χ0n) is 34.2. The highest BCUT2D eigenvalue weighted by atomic mass is 15.2. The van der Waals surface area contributed by atoms with E-state index in [1.807, 2.05) is 69.2 Å². The molecule has 1 spiro atoms. The molecule has 5 fully saturated rings. The first-order valence-electron chi connectivity index (χ1n) is 20.8. The summed E-state index contributed by atoms with van der Waals surface area (Å²) in [7, 11) is 4.52. The molecule has 0 amide bonds. The van der Waals surface area contributed by atoms with Crippen LogP contribution in [0.4, 0.5) is 0 Å². The smallest absolute Gasteiger partial charge is 0.0212 e. The first-order valence-corrected chi connectivity index (χ1v) is 20.8. The van der Waals surface area contributed by atoms with Gasteiger partial charge in [-0.1, -0.05) is 83.1 Å². The Bertz CT molecular complexity index is 560. The van der Waals surface area contributed by atoms with Gasteiger partial charge in [0.1, 0.15) is 0 Å². The minimum atomic E-state index is 0.656. The van der Waals surface area contributed by atoms with Crippen LogP contribution in [0.25, 0.3) is 0 Å². The summed E-state index contributed by atoms with van der Waals surface area (Å²) in [5, 5.41) is 0. The molecule has 0 radical (unpaired) electrons. The van der Waals surface area contributed by atoms with Gasteiger partial charge in [0, 0.05) is 5.54 Å². The molecule has 4 aliphatic heterocycles. The van der Waals surface area contributed by atoms with Gasteiger partial charge < -0.3 is 14.7 Å². The second-order valence-corrected chi connectivity index (χ2v) is 13.8. The van der Waals surface area contributed by atoms with Gasteiger partial charge in [-0.05, 0) is 180 Å². The molecule has 4 heterocycles. The van der Waals surface area contributed by atoms with Crippen LogP contribution >= 0.6 is 0 Å². The van der Waals surface area contributed by atoms with Crippen molar-refractivity contribution in [3.05, 3.63) is 0 Å². The highest BCUT2D eigenvalue weighted by Gasteiger charge is 2.45. The molecule has 274 valence electrons. The molecule has 1 atom stereocenters. The van der Waals surface area contributed by atoms with Crippen molar-refractivity contribution in [2.45, 2.75) is 172 Å². The number of hydrogen-bond acceptors (Lipinski definition) is 4. The molecule has 0 aromatic rings. The van der Waals surface area contributed by atoms with Crippen LogP contribution in [0, 0.1) is 23.7 Å². The first kappa shape index (κ1) is 47.0. The van der Waals surface area contributed by atoms with Gasteiger partial charge in [-0.25, -0.2) is 0 Å². The Morgan fingerprint density at radius 2 is 0.889 bits per heavy atom. The van der Waals surface area contributed by atoms with Crippen LogP contribution in [-0.4, -0.2) is 98.1 Å². The van der Waals surface area contributed by atoms with Crippen LogP contribution in [0.1, 0.15) is 167 Å². The molecule has 1 aliphatic carbocycles. The molecule has 1 unspecified atom stereocenters. The van der Waals surface area contributed by atoms with E-state index in [-0.39, 0.29) is 0 Å². The van der Waals surface area contributed by atoms with Crippen LogP contribution in [-0.2, 0) is 0 Å². The second kappa shape index (κ2) is 29.9. The summed E-state index contributed by atoms with van der Waals surface area (Å²) < 4.78 is 0. The van der Waals surface area contributed by atoms with Crippen LogP contribution in [0.5, 0.6) is 0 Å². The van der Waals surface area contributed by atoms with Crippen molar-refractivity contribution in [1.82, 2.24) is 19.6 Å². The van der Waals surface area contributed by atoms with Gasteiger partial charge in [0.2, 0.25) is 0 Å². The van der Waals surface area contributed by atoms with Crippen LogP contribution in [0.15, 0.2) is 0 Å². The Morgan fingerprint density at radius 3 is 1.29 bits per heavy atom. The second-order valence-electron chi connectivity index (χ2n) is 13.8. The third-order valence-electron chi connectivity index (χ3n) is 10.8. The predicted molar refractivity (Wildman–Crippen MR) is 208 cm³/mol. The van der Waals surface area contributed by atoms with Gasteiger partial charge in [0.05, 0.1) is 0 Å². The first-order chi connectivity index (χ1) is 21.9. The Balaban J connectivity index is 0. The zero-order valence-corrected chi connectivity index (χ0v) is 34.2. The Morgan fingerprint density at radius 1 is 0.489 bits per heavy atom. The molecule has 4 saturated heterocycles. The van der Waals surface area contributed by atoms with Gasteiger partial charge in [-0.15, -0.1) is 0 Å². The SMILES string of the molecule is CC.CC.CC.CC.CC.CC1CCN(CCC2CCN(C)CC2)C2(CCC2)C1.CC1CCN(CCC2CCN(C)CC2)CC1. The highest BCUT2D eigenvalue weighted by Crippen LogP contribution is 2.46. The largest absolute Gasteiger partial charge is 0.306 e. The fourth-order valence-corrected chi connectivity index (χ4v) is 7.64. The van der Waals surface area contributed by atoms with Crippen molar-refractivity contribution in [1.29, 1.82) is 0 Å². The number of hydrogen-bond donors (Lipinski definition) is 0. The molecular formula is C41H90N4. The zero-order chi connectivity index (χ0) is 34.7. The van der Waals surface area contributed by atoms with Gasteiger partial charge in [0.25, 0.3) is 0 Å². The van der Waals surface area contributed by atoms with Crippen LogP contribution in [0.2, 0.25) is 0 Å². The van der Waals surface area contributed by atoms with Crippen LogP contribution < -0.4 is 0 Å². The van der Waals surface area contributed by atoms with E-state index in [9.17, 15) is 0 Å². The summed E-state index contributed by atoms with van der Waals surface area (Å²) in [5.74, 6) is 3.96. The summed E-state index contributed by atoms with van der Waals surface area (Å²) in [4.78, 5) is 10.6. The third kappa shape index (κ3) is 18.8. The van der Waals surface area contributed by atoms with Crippen molar-refractivity contribution < 1.29 is 0 Å². The molecule has 0 aromatic carbocycles. The third-order valence-corrected chi connectivity index (χ3v) is 10.8. The average Bonchev–Trinajstić information content (AvgIpc) is 3.09. The van der Waals surface area contributed by atoms with E-state index in [0.29, 0.717) is 5.54 Å². The maximum atomic E-state index is 2.90.